The molecule has 0 unspecified atom stereocenters. The van der Waals surface area contributed by atoms with Crippen molar-refractivity contribution in [3.05, 3.63) is 34.3 Å². The second kappa shape index (κ2) is 6.53. The topological polar surface area (TPSA) is 40.5 Å². The van der Waals surface area contributed by atoms with E-state index in [0.29, 0.717) is 12.3 Å². The number of hydrogen-bond donors (Lipinski definition) is 2. The number of aliphatic hydroxyl groups is 2. The van der Waals surface area contributed by atoms with E-state index in [2.05, 4.69) is 29.8 Å². The van der Waals surface area contributed by atoms with Gasteiger partial charge in [0.1, 0.15) is 0 Å². The van der Waals surface area contributed by atoms with Crippen LogP contribution in [0, 0.1) is 11.3 Å². The minimum atomic E-state index is -0.408. The van der Waals surface area contributed by atoms with Crippen molar-refractivity contribution >= 4 is 15.9 Å². The van der Waals surface area contributed by atoms with Crippen LogP contribution in [0.5, 0.6) is 0 Å². The van der Waals surface area contributed by atoms with Crippen molar-refractivity contribution in [2.75, 3.05) is 13.2 Å². The summed E-state index contributed by atoms with van der Waals surface area (Å²) in [6.45, 7) is 4.27. The first-order valence-corrected chi connectivity index (χ1v) is 6.77. The van der Waals surface area contributed by atoms with Gasteiger partial charge < -0.3 is 10.2 Å². The van der Waals surface area contributed by atoms with Gasteiger partial charge in [-0.2, -0.15) is 0 Å². The zero-order valence-electron chi connectivity index (χ0n) is 10.5. The fourth-order valence-corrected chi connectivity index (χ4v) is 2.76. The maximum atomic E-state index is 9.58. The van der Waals surface area contributed by atoms with E-state index in [9.17, 15) is 10.2 Å². The quantitative estimate of drug-likeness (QED) is 0.848. The van der Waals surface area contributed by atoms with Crippen LogP contribution in [-0.2, 0) is 6.42 Å². The van der Waals surface area contributed by atoms with E-state index in [1.807, 2.05) is 24.3 Å². The third-order valence-electron chi connectivity index (χ3n) is 2.98. The molecule has 0 fully saturated rings. The Labute approximate surface area is 112 Å². The standard InChI is InChI=1S/C14H21BrO2/c1-11(2)7-14(9-16,10-17)8-12-4-3-5-13(15)6-12/h3-6,11,16-17H,7-10H2,1-2H3. The Hall–Kier alpha value is -0.380. The molecule has 0 spiro atoms. The molecule has 0 aromatic heterocycles. The van der Waals surface area contributed by atoms with E-state index in [-0.39, 0.29) is 13.2 Å². The zero-order valence-corrected chi connectivity index (χ0v) is 12.1. The highest BCUT2D eigenvalue weighted by Crippen LogP contribution is 2.30. The molecular formula is C14H21BrO2. The number of benzene rings is 1. The first-order chi connectivity index (χ1) is 8.01. The summed E-state index contributed by atoms with van der Waals surface area (Å²) >= 11 is 3.44. The van der Waals surface area contributed by atoms with Crippen LogP contribution in [0.2, 0.25) is 0 Å². The molecule has 0 saturated carbocycles. The van der Waals surface area contributed by atoms with Crippen molar-refractivity contribution in [1.29, 1.82) is 0 Å². The Balaban J connectivity index is 2.85. The molecule has 0 radical (unpaired) electrons. The molecule has 1 aromatic carbocycles. The Morgan fingerprint density at radius 2 is 1.88 bits per heavy atom. The highest BCUT2D eigenvalue weighted by molar-refractivity contribution is 9.10. The maximum Gasteiger partial charge on any atom is 0.0512 e. The fourth-order valence-electron chi connectivity index (χ4n) is 2.31. The van der Waals surface area contributed by atoms with Gasteiger partial charge in [-0.25, -0.2) is 0 Å². The van der Waals surface area contributed by atoms with Gasteiger partial charge in [0.15, 0.2) is 0 Å². The maximum absolute atomic E-state index is 9.58. The molecule has 0 bridgehead atoms. The van der Waals surface area contributed by atoms with E-state index in [1.165, 1.54) is 0 Å². The first-order valence-electron chi connectivity index (χ1n) is 5.97. The summed E-state index contributed by atoms with van der Waals surface area (Å²) in [5, 5.41) is 19.2. The van der Waals surface area contributed by atoms with E-state index < -0.39 is 5.41 Å². The second-order valence-corrected chi connectivity index (χ2v) is 6.14. The van der Waals surface area contributed by atoms with Gasteiger partial charge in [-0.3, -0.25) is 0 Å². The third kappa shape index (κ3) is 4.41. The SMILES string of the molecule is CC(C)CC(CO)(CO)Cc1cccc(Br)c1. The van der Waals surface area contributed by atoms with E-state index in [4.69, 9.17) is 0 Å². The van der Waals surface area contributed by atoms with Crippen LogP contribution >= 0.6 is 15.9 Å². The van der Waals surface area contributed by atoms with Crippen molar-refractivity contribution in [2.45, 2.75) is 26.7 Å². The molecule has 96 valence electrons. The summed E-state index contributed by atoms with van der Waals surface area (Å²) in [5.74, 6) is 0.460. The molecule has 0 aliphatic heterocycles. The number of rotatable bonds is 6. The van der Waals surface area contributed by atoms with Crippen LogP contribution < -0.4 is 0 Å². The smallest absolute Gasteiger partial charge is 0.0512 e. The second-order valence-electron chi connectivity index (χ2n) is 5.22. The molecule has 1 rings (SSSR count). The van der Waals surface area contributed by atoms with Crippen molar-refractivity contribution in [2.24, 2.45) is 11.3 Å². The van der Waals surface area contributed by atoms with Crippen LogP contribution in [0.4, 0.5) is 0 Å². The molecule has 0 amide bonds. The predicted octanol–water partition coefficient (Wildman–Crippen LogP) is 3.01. The monoisotopic (exact) mass is 300 g/mol. The van der Waals surface area contributed by atoms with Crippen molar-refractivity contribution in [3.63, 3.8) is 0 Å². The molecule has 17 heavy (non-hydrogen) atoms. The molecule has 0 aliphatic rings. The summed E-state index contributed by atoms with van der Waals surface area (Å²) in [4.78, 5) is 0. The molecular weight excluding hydrogens is 280 g/mol. The van der Waals surface area contributed by atoms with Crippen molar-refractivity contribution in [3.8, 4) is 0 Å². The van der Waals surface area contributed by atoms with Gasteiger partial charge in [-0.05, 0) is 36.5 Å². The van der Waals surface area contributed by atoms with E-state index in [1.54, 1.807) is 0 Å². The third-order valence-corrected chi connectivity index (χ3v) is 3.47. The molecule has 3 heteroatoms. The summed E-state index contributed by atoms with van der Waals surface area (Å²) in [5.41, 5.74) is 0.734. The molecule has 0 heterocycles. The highest BCUT2D eigenvalue weighted by Gasteiger charge is 2.30. The minimum Gasteiger partial charge on any atom is -0.396 e. The summed E-state index contributed by atoms with van der Waals surface area (Å²) in [6.07, 6.45) is 1.53. The van der Waals surface area contributed by atoms with E-state index >= 15 is 0 Å². The number of halogens is 1. The van der Waals surface area contributed by atoms with Gasteiger partial charge in [0.05, 0.1) is 13.2 Å². The minimum absolute atomic E-state index is 0.0220. The zero-order chi connectivity index (χ0) is 12.9. The summed E-state index contributed by atoms with van der Waals surface area (Å²) in [7, 11) is 0. The lowest BCUT2D eigenvalue weighted by Gasteiger charge is -2.31. The van der Waals surface area contributed by atoms with Gasteiger partial charge >= 0.3 is 0 Å². The molecule has 2 N–H and O–H groups in total. The van der Waals surface area contributed by atoms with E-state index in [0.717, 1.165) is 16.5 Å². The normalized spacial score (nSPS) is 12.1. The molecule has 0 saturated heterocycles. The summed E-state index contributed by atoms with van der Waals surface area (Å²) < 4.78 is 1.03. The van der Waals surface area contributed by atoms with Gasteiger partial charge in [-0.15, -0.1) is 0 Å². The van der Waals surface area contributed by atoms with Crippen LogP contribution in [0.15, 0.2) is 28.7 Å². The predicted molar refractivity (Wildman–Crippen MR) is 73.9 cm³/mol. The molecule has 0 aliphatic carbocycles. The van der Waals surface area contributed by atoms with Gasteiger partial charge in [0.25, 0.3) is 0 Å². The lowest BCUT2D eigenvalue weighted by molar-refractivity contribution is 0.0369. The van der Waals surface area contributed by atoms with Crippen LogP contribution in [0.3, 0.4) is 0 Å². The average molecular weight is 301 g/mol. The lowest BCUT2D eigenvalue weighted by atomic mass is 9.76. The number of hydrogen-bond acceptors (Lipinski definition) is 2. The van der Waals surface area contributed by atoms with Gasteiger partial charge in [0, 0.05) is 9.89 Å². The largest absolute Gasteiger partial charge is 0.396 e. The fraction of sp³-hybridized carbons (Fsp3) is 0.571. The van der Waals surface area contributed by atoms with Crippen molar-refractivity contribution in [1.82, 2.24) is 0 Å². The Kier molecular flexibility index (Phi) is 5.63. The van der Waals surface area contributed by atoms with Crippen LogP contribution in [0.1, 0.15) is 25.8 Å². The van der Waals surface area contributed by atoms with Crippen molar-refractivity contribution < 1.29 is 10.2 Å². The van der Waals surface area contributed by atoms with Crippen LogP contribution in [-0.4, -0.2) is 23.4 Å². The Morgan fingerprint density at radius 3 is 2.35 bits per heavy atom. The molecule has 0 atom stereocenters. The average Bonchev–Trinajstić information content (AvgIpc) is 2.27. The summed E-state index contributed by atoms with van der Waals surface area (Å²) in [6, 6.07) is 8.03. The Morgan fingerprint density at radius 1 is 1.24 bits per heavy atom. The number of aliphatic hydroxyl groups excluding tert-OH is 2. The van der Waals surface area contributed by atoms with Crippen LogP contribution in [0.25, 0.3) is 0 Å². The lowest BCUT2D eigenvalue weighted by Crippen LogP contribution is -2.34. The van der Waals surface area contributed by atoms with Gasteiger partial charge in [-0.1, -0.05) is 41.9 Å². The highest BCUT2D eigenvalue weighted by atomic mass is 79.9. The van der Waals surface area contributed by atoms with Gasteiger partial charge in [0.2, 0.25) is 0 Å². The molecule has 1 aromatic rings. The first kappa shape index (κ1) is 14.7. The molecule has 2 nitrogen and oxygen atoms in total. The Bertz CT molecular complexity index is 346.